The Labute approximate surface area is 118 Å². The highest BCUT2D eigenvalue weighted by Crippen LogP contribution is 2.24. The minimum atomic E-state index is 0.118. The van der Waals surface area contributed by atoms with Crippen molar-refractivity contribution in [1.82, 2.24) is 5.32 Å². The Morgan fingerprint density at radius 3 is 3.11 bits per heavy atom. The predicted molar refractivity (Wildman–Crippen MR) is 74.7 cm³/mol. The third-order valence-electron chi connectivity index (χ3n) is 3.08. The van der Waals surface area contributed by atoms with E-state index in [1.807, 2.05) is 18.2 Å². The van der Waals surface area contributed by atoms with Crippen LogP contribution < -0.4 is 10.1 Å². The molecule has 1 aliphatic heterocycles. The van der Waals surface area contributed by atoms with Crippen molar-refractivity contribution < 1.29 is 14.6 Å². The minimum absolute atomic E-state index is 0.118. The molecule has 0 aliphatic carbocycles. The summed E-state index contributed by atoms with van der Waals surface area (Å²) in [5.41, 5.74) is 0.999. The van der Waals surface area contributed by atoms with Gasteiger partial charge in [-0.15, -0.1) is 0 Å². The normalized spacial score (nSPS) is 18.7. The molecule has 0 spiro atoms. The Balaban J connectivity index is 1.92. The van der Waals surface area contributed by atoms with Gasteiger partial charge >= 0.3 is 0 Å². The van der Waals surface area contributed by atoms with Crippen molar-refractivity contribution >= 4 is 11.6 Å². The lowest BCUT2D eigenvalue weighted by atomic mass is 10.2. The molecule has 1 fully saturated rings. The number of nitrogens with one attached hydrogen (secondary N) is 1. The molecule has 0 bridgehead atoms. The second-order valence-electron chi connectivity index (χ2n) is 4.60. The van der Waals surface area contributed by atoms with Crippen molar-refractivity contribution in [3.8, 4) is 5.75 Å². The standard InChI is InChI=1S/C14H20ClNO3/c15-12-3-4-14(11(8-12)9-16-5-6-17)19-10-13-2-1-7-18-13/h3-4,8,13,16-17H,1-2,5-7,9-10H2. The van der Waals surface area contributed by atoms with Crippen molar-refractivity contribution in [3.05, 3.63) is 28.8 Å². The summed E-state index contributed by atoms with van der Waals surface area (Å²) in [6, 6.07) is 5.59. The molecule has 19 heavy (non-hydrogen) atoms. The molecule has 1 unspecified atom stereocenters. The van der Waals surface area contributed by atoms with Crippen LogP contribution in [-0.4, -0.2) is 37.6 Å². The van der Waals surface area contributed by atoms with E-state index in [-0.39, 0.29) is 12.7 Å². The van der Waals surface area contributed by atoms with Gasteiger partial charge in [-0.25, -0.2) is 0 Å². The van der Waals surface area contributed by atoms with Gasteiger partial charge < -0.3 is 19.9 Å². The fraction of sp³-hybridized carbons (Fsp3) is 0.571. The van der Waals surface area contributed by atoms with Crippen LogP contribution in [-0.2, 0) is 11.3 Å². The summed E-state index contributed by atoms with van der Waals surface area (Å²) >= 11 is 6.00. The van der Waals surface area contributed by atoms with Crippen LogP contribution in [0.2, 0.25) is 5.02 Å². The quantitative estimate of drug-likeness (QED) is 0.752. The molecule has 1 aromatic rings. The van der Waals surface area contributed by atoms with E-state index in [9.17, 15) is 0 Å². The van der Waals surface area contributed by atoms with E-state index < -0.39 is 0 Å². The average molecular weight is 286 g/mol. The van der Waals surface area contributed by atoms with Gasteiger partial charge in [-0.05, 0) is 31.0 Å². The SMILES string of the molecule is OCCNCc1cc(Cl)ccc1OCC1CCCO1. The maximum absolute atomic E-state index is 8.78. The summed E-state index contributed by atoms with van der Waals surface area (Å²) in [4.78, 5) is 0. The summed E-state index contributed by atoms with van der Waals surface area (Å²) in [6.45, 7) is 2.71. The monoisotopic (exact) mass is 285 g/mol. The maximum atomic E-state index is 8.78. The largest absolute Gasteiger partial charge is 0.491 e. The lowest BCUT2D eigenvalue weighted by Crippen LogP contribution is -2.20. The summed E-state index contributed by atoms with van der Waals surface area (Å²) in [7, 11) is 0. The fourth-order valence-electron chi connectivity index (χ4n) is 2.09. The van der Waals surface area contributed by atoms with E-state index in [4.69, 9.17) is 26.2 Å². The van der Waals surface area contributed by atoms with Crippen LogP contribution in [0.1, 0.15) is 18.4 Å². The lowest BCUT2D eigenvalue weighted by molar-refractivity contribution is 0.0676. The van der Waals surface area contributed by atoms with Crippen LogP contribution in [0.4, 0.5) is 0 Å². The number of hydrogen-bond acceptors (Lipinski definition) is 4. The third kappa shape index (κ3) is 4.66. The number of aliphatic hydroxyl groups excluding tert-OH is 1. The Hall–Kier alpha value is -0.810. The zero-order valence-corrected chi connectivity index (χ0v) is 11.7. The highest BCUT2D eigenvalue weighted by atomic mass is 35.5. The second kappa shape index (κ2) is 7.70. The Bertz CT molecular complexity index is 394. The van der Waals surface area contributed by atoms with Gasteiger partial charge in [0.1, 0.15) is 12.4 Å². The molecule has 1 saturated heterocycles. The zero-order valence-electron chi connectivity index (χ0n) is 10.9. The van der Waals surface area contributed by atoms with Crippen LogP contribution in [0.25, 0.3) is 0 Å². The number of rotatable bonds is 7. The van der Waals surface area contributed by atoms with Crippen LogP contribution in [0.5, 0.6) is 5.75 Å². The summed E-state index contributed by atoms with van der Waals surface area (Å²) in [5.74, 6) is 0.824. The van der Waals surface area contributed by atoms with Crippen LogP contribution >= 0.6 is 11.6 Å². The van der Waals surface area contributed by atoms with Crippen molar-refractivity contribution in [2.24, 2.45) is 0 Å². The van der Waals surface area contributed by atoms with E-state index in [0.29, 0.717) is 24.7 Å². The molecule has 1 atom stereocenters. The zero-order chi connectivity index (χ0) is 13.5. The Morgan fingerprint density at radius 2 is 2.37 bits per heavy atom. The van der Waals surface area contributed by atoms with Crippen molar-refractivity contribution in [2.45, 2.75) is 25.5 Å². The molecule has 1 aliphatic rings. The molecule has 0 radical (unpaired) electrons. The van der Waals surface area contributed by atoms with E-state index in [2.05, 4.69) is 5.32 Å². The second-order valence-corrected chi connectivity index (χ2v) is 5.03. The highest BCUT2D eigenvalue weighted by molar-refractivity contribution is 6.30. The van der Waals surface area contributed by atoms with E-state index in [0.717, 1.165) is 30.8 Å². The van der Waals surface area contributed by atoms with Crippen LogP contribution in [0.3, 0.4) is 0 Å². The first-order chi connectivity index (χ1) is 9.29. The smallest absolute Gasteiger partial charge is 0.124 e. The van der Waals surface area contributed by atoms with Gasteiger partial charge in [0.15, 0.2) is 0 Å². The Kier molecular flexibility index (Phi) is 5.92. The molecule has 0 aromatic heterocycles. The fourth-order valence-corrected chi connectivity index (χ4v) is 2.28. The maximum Gasteiger partial charge on any atom is 0.124 e. The molecule has 4 nitrogen and oxygen atoms in total. The van der Waals surface area contributed by atoms with E-state index >= 15 is 0 Å². The van der Waals surface area contributed by atoms with E-state index in [1.54, 1.807) is 0 Å². The number of aliphatic hydroxyl groups is 1. The summed E-state index contributed by atoms with van der Waals surface area (Å²) < 4.78 is 11.4. The molecule has 106 valence electrons. The molecule has 0 amide bonds. The van der Waals surface area contributed by atoms with Gasteiger partial charge in [0.05, 0.1) is 12.7 Å². The van der Waals surface area contributed by atoms with Gasteiger partial charge in [-0.1, -0.05) is 11.6 Å². The van der Waals surface area contributed by atoms with Crippen LogP contribution in [0, 0.1) is 0 Å². The van der Waals surface area contributed by atoms with Crippen molar-refractivity contribution in [1.29, 1.82) is 0 Å². The Morgan fingerprint density at radius 1 is 1.47 bits per heavy atom. The molecule has 1 aromatic carbocycles. The molecular formula is C14H20ClNO3. The highest BCUT2D eigenvalue weighted by Gasteiger charge is 2.16. The third-order valence-corrected chi connectivity index (χ3v) is 3.31. The first-order valence-electron chi connectivity index (χ1n) is 6.64. The van der Waals surface area contributed by atoms with Gasteiger partial charge in [0.2, 0.25) is 0 Å². The number of halogens is 1. The van der Waals surface area contributed by atoms with Crippen molar-refractivity contribution in [3.63, 3.8) is 0 Å². The molecule has 5 heteroatoms. The van der Waals surface area contributed by atoms with Gasteiger partial charge in [-0.2, -0.15) is 0 Å². The number of ether oxygens (including phenoxy) is 2. The molecular weight excluding hydrogens is 266 g/mol. The first kappa shape index (κ1) is 14.6. The topological polar surface area (TPSA) is 50.7 Å². The predicted octanol–water partition coefficient (Wildman–Crippen LogP) is 1.98. The van der Waals surface area contributed by atoms with Gasteiger partial charge in [-0.3, -0.25) is 0 Å². The lowest BCUT2D eigenvalue weighted by Gasteiger charge is -2.15. The number of benzene rings is 1. The van der Waals surface area contributed by atoms with Crippen molar-refractivity contribution in [2.75, 3.05) is 26.4 Å². The summed E-state index contributed by atoms with van der Waals surface area (Å²) in [5, 5.41) is 12.6. The van der Waals surface area contributed by atoms with Gasteiger partial charge in [0.25, 0.3) is 0 Å². The molecule has 2 N–H and O–H groups in total. The average Bonchev–Trinajstić information content (AvgIpc) is 2.91. The molecule has 1 heterocycles. The minimum Gasteiger partial charge on any atom is -0.491 e. The van der Waals surface area contributed by atoms with Gasteiger partial charge in [0, 0.05) is 30.3 Å². The molecule has 0 saturated carbocycles. The van der Waals surface area contributed by atoms with Crippen LogP contribution in [0.15, 0.2) is 18.2 Å². The molecule has 2 rings (SSSR count). The van der Waals surface area contributed by atoms with E-state index in [1.165, 1.54) is 0 Å². The first-order valence-corrected chi connectivity index (χ1v) is 7.02. The summed E-state index contributed by atoms with van der Waals surface area (Å²) in [6.07, 6.45) is 2.37. The number of hydrogen-bond donors (Lipinski definition) is 2.